The third-order valence-corrected chi connectivity index (χ3v) is 1.84. The molecular formula is C10H20N2O3. The van der Waals surface area contributed by atoms with Gasteiger partial charge in [-0.3, -0.25) is 4.79 Å². The molecule has 0 fully saturated rings. The van der Waals surface area contributed by atoms with Crippen LogP contribution in [0.1, 0.15) is 27.2 Å². The zero-order valence-corrected chi connectivity index (χ0v) is 9.58. The van der Waals surface area contributed by atoms with Crippen LogP contribution >= 0.6 is 0 Å². The molecule has 0 aliphatic rings. The van der Waals surface area contributed by atoms with Crippen molar-refractivity contribution in [2.45, 2.75) is 33.2 Å². The normalized spacial score (nSPS) is 12.3. The van der Waals surface area contributed by atoms with Crippen molar-refractivity contribution in [3.63, 3.8) is 0 Å². The molecule has 5 heteroatoms. The fourth-order valence-electron chi connectivity index (χ4n) is 0.933. The smallest absolute Gasteiger partial charge is 0.332 e. The van der Waals surface area contributed by atoms with Gasteiger partial charge >= 0.3 is 5.97 Å². The van der Waals surface area contributed by atoms with Crippen LogP contribution in [-0.2, 0) is 14.3 Å². The monoisotopic (exact) mass is 216 g/mol. The van der Waals surface area contributed by atoms with Gasteiger partial charge in [0.1, 0.15) is 0 Å². The van der Waals surface area contributed by atoms with Crippen molar-refractivity contribution in [1.82, 2.24) is 5.32 Å². The molecule has 1 unspecified atom stereocenters. The zero-order valence-electron chi connectivity index (χ0n) is 9.58. The van der Waals surface area contributed by atoms with Crippen molar-refractivity contribution in [3.05, 3.63) is 0 Å². The van der Waals surface area contributed by atoms with Crippen LogP contribution in [0.4, 0.5) is 0 Å². The van der Waals surface area contributed by atoms with Crippen LogP contribution in [0.15, 0.2) is 0 Å². The quantitative estimate of drug-likeness (QED) is 0.485. The molecule has 0 heterocycles. The number of amides is 1. The Morgan fingerprint density at radius 1 is 1.40 bits per heavy atom. The average Bonchev–Trinajstić information content (AvgIpc) is 2.16. The van der Waals surface area contributed by atoms with Gasteiger partial charge in [0.25, 0.3) is 0 Å². The number of carbonyl (C=O) groups is 2. The van der Waals surface area contributed by atoms with Crippen LogP contribution in [0.25, 0.3) is 0 Å². The maximum Gasteiger partial charge on any atom is 0.332 e. The molecule has 0 aliphatic heterocycles. The molecule has 0 aliphatic carbocycles. The lowest BCUT2D eigenvalue weighted by molar-refractivity contribution is -0.147. The summed E-state index contributed by atoms with van der Waals surface area (Å²) in [6.45, 7) is 6.53. The molecule has 3 N–H and O–H groups in total. The van der Waals surface area contributed by atoms with Crippen LogP contribution in [-0.4, -0.2) is 31.1 Å². The Labute approximate surface area is 90.4 Å². The summed E-state index contributed by atoms with van der Waals surface area (Å²) in [7, 11) is 0. The van der Waals surface area contributed by atoms with Gasteiger partial charge in [0, 0.05) is 6.54 Å². The average molecular weight is 216 g/mol. The van der Waals surface area contributed by atoms with Gasteiger partial charge in [-0.2, -0.15) is 0 Å². The highest BCUT2D eigenvalue weighted by atomic mass is 16.5. The lowest BCUT2D eigenvalue weighted by atomic mass is 10.1. The minimum absolute atomic E-state index is 0.228. The lowest BCUT2D eigenvalue weighted by Gasteiger charge is -2.11. The van der Waals surface area contributed by atoms with E-state index in [1.165, 1.54) is 0 Å². The maximum atomic E-state index is 11.3. The second-order valence-electron chi connectivity index (χ2n) is 3.70. The fraction of sp³-hybridized carbons (Fsp3) is 0.800. The third-order valence-electron chi connectivity index (χ3n) is 1.84. The van der Waals surface area contributed by atoms with E-state index in [2.05, 4.69) is 23.9 Å². The summed E-state index contributed by atoms with van der Waals surface area (Å²) in [4.78, 5) is 22.4. The van der Waals surface area contributed by atoms with Gasteiger partial charge in [-0.25, -0.2) is 4.79 Å². The molecule has 0 aromatic heterocycles. The first kappa shape index (κ1) is 13.9. The molecule has 0 spiro atoms. The molecule has 0 saturated carbocycles. The van der Waals surface area contributed by atoms with Gasteiger partial charge in [-0.05, 0) is 19.3 Å². The van der Waals surface area contributed by atoms with Crippen molar-refractivity contribution in [2.24, 2.45) is 11.7 Å². The Hall–Kier alpha value is -1.10. The second kappa shape index (κ2) is 7.23. The summed E-state index contributed by atoms with van der Waals surface area (Å²) >= 11 is 0. The highest BCUT2D eigenvalue weighted by Crippen LogP contribution is 1.96. The minimum atomic E-state index is -1.21. The Morgan fingerprint density at radius 2 is 2.00 bits per heavy atom. The Kier molecular flexibility index (Phi) is 6.70. The number of nitrogens with two attached hydrogens (primary N) is 1. The van der Waals surface area contributed by atoms with Gasteiger partial charge in [-0.1, -0.05) is 13.8 Å². The summed E-state index contributed by atoms with van der Waals surface area (Å²) in [5.74, 6) is -0.655. The molecule has 0 saturated heterocycles. The predicted octanol–water partition coefficient (Wildman–Crippen LogP) is 0.0391. The van der Waals surface area contributed by atoms with Crippen LogP contribution < -0.4 is 11.1 Å². The summed E-state index contributed by atoms with van der Waals surface area (Å²) in [6, 6.07) is -1.21. The number of hydrogen-bond acceptors (Lipinski definition) is 4. The topological polar surface area (TPSA) is 81.4 Å². The molecule has 15 heavy (non-hydrogen) atoms. The summed E-state index contributed by atoms with van der Waals surface area (Å²) < 4.78 is 4.63. The number of rotatable bonds is 6. The number of carbonyl (C=O) groups excluding carboxylic acids is 2. The molecule has 1 atom stereocenters. The summed E-state index contributed by atoms with van der Waals surface area (Å²) in [5, 5.41) is 2.59. The van der Waals surface area contributed by atoms with Crippen molar-refractivity contribution in [1.29, 1.82) is 0 Å². The fourth-order valence-corrected chi connectivity index (χ4v) is 0.933. The van der Waals surface area contributed by atoms with Crippen LogP contribution in [0.2, 0.25) is 0 Å². The van der Waals surface area contributed by atoms with E-state index in [9.17, 15) is 9.59 Å². The summed E-state index contributed by atoms with van der Waals surface area (Å²) in [6.07, 6.45) is 0.862. The van der Waals surface area contributed by atoms with Crippen molar-refractivity contribution in [3.8, 4) is 0 Å². The van der Waals surface area contributed by atoms with E-state index in [0.717, 1.165) is 6.42 Å². The van der Waals surface area contributed by atoms with Crippen molar-refractivity contribution < 1.29 is 14.3 Å². The maximum absolute atomic E-state index is 11.3. The zero-order chi connectivity index (χ0) is 11.8. The number of ether oxygens (including phenoxy) is 1. The first-order valence-electron chi connectivity index (χ1n) is 5.19. The standard InChI is InChI=1S/C10H20N2O3/c1-4-15-10(14)8(11)9(13)12-6-5-7(2)3/h7-8H,4-6,11H2,1-3H3,(H,12,13). The van der Waals surface area contributed by atoms with E-state index < -0.39 is 17.9 Å². The molecule has 0 radical (unpaired) electrons. The summed E-state index contributed by atoms with van der Waals surface area (Å²) in [5.41, 5.74) is 5.38. The van der Waals surface area contributed by atoms with E-state index >= 15 is 0 Å². The second-order valence-corrected chi connectivity index (χ2v) is 3.70. The van der Waals surface area contributed by atoms with Crippen molar-refractivity contribution in [2.75, 3.05) is 13.2 Å². The number of esters is 1. The predicted molar refractivity (Wildman–Crippen MR) is 57.1 cm³/mol. The minimum Gasteiger partial charge on any atom is -0.464 e. The Balaban J connectivity index is 3.83. The van der Waals surface area contributed by atoms with Gasteiger partial charge < -0.3 is 15.8 Å². The van der Waals surface area contributed by atoms with E-state index in [4.69, 9.17) is 5.73 Å². The molecule has 1 amide bonds. The molecule has 0 bridgehead atoms. The van der Waals surface area contributed by atoms with Gasteiger partial charge in [0.2, 0.25) is 5.91 Å². The van der Waals surface area contributed by atoms with Crippen LogP contribution in [0, 0.1) is 5.92 Å². The highest BCUT2D eigenvalue weighted by molar-refractivity contribution is 6.01. The SMILES string of the molecule is CCOC(=O)C(N)C(=O)NCCC(C)C. The largest absolute Gasteiger partial charge is 0.464 e. The van der Waals surface area contributed by atoms with Gasteiger partial charge in [-0.15, -0.1) is 0 Å². The molecule has 0 aromatic rings. The van der Waals surface area contributed by atoms with E-state index in [0.29, 0.717) is 12.5 Å². The van der Waals surface area contributed by atoms with E-state index in [1.807, 2.05) is 0 Å². The molecular weight excluding hydrogens is 196 g/mol. The van der Waals surface area contributed by atoms with Crippen molar-refractivity contribution >= 4 is 11.9 Å². The Morgan fingerprint density at radius 3 is 2.47 bits per heavy atom. The molecule has 0 rings (SSSR count). The molecule has 88 valence electrons. The molecule has 5 nitrogen and oxygen atoms in total. The first-order chi connectivity index (χ1) is 6.99. The first-order valence-corrected chi connectivity index (χ1v) is 5.19. The lowest BCUT2D eigenvalue weighted by Crippen LogP contribution is -2.47. The Bertz CT molecular complexity index is 217. The van der Waals surface area contributed by atoms with Gasteiger partial charge in [0.15, 0.2) is 6.04 Å². The van der Waals surface area contributed by atoms with E-state index in [1.54, 1.807) is 6.92 Å². The number of hydrogen-bond donors (Lipinski definition) is 2. The van der Waals surface area contributed by atoms with Crippen LogP contribution in [0.5, 0.6) is 0 Å². The van der Waals surface area contributed by atoms with Crippen LogP contribution in [0.3, 0.4) is 0 Å². The third kappa shape index (κ3) is 6.06. The van der Waals surface area contributed by atoms with Gasteiger partial charge in [0.05, 0.1) is 6.61 Å². The molecule has 0 aromatic carbocycles. The highest BCUT2D eigenvalue weighted by Gasteiger charge is 2.22. The number of nitrogens with one attached hydrogen (secondary N) is 1. The van der Waals surface area contributed by atoms with E-state index in [-0.39, 0.29) is 6.61 Å².